The molecule has 0 bridgehead atoms. The summed E-state index contributed by atoms with van der Waals surface area (Å²) in [4.78, 5) is 15.4. The molecule has 0 N–H and O–H groups in total. The van der Waals surface area contributed by atoms with Crippen LogP contribution in [0.5, 0.6) is 0 Å². The maximum absolute atomic E-state index is 10.8. The Labute approximate surface area is 128 Å². The smallest absolute Gasteiger partial charge is 0.150 e. The van der Waals surface area contributed by atoms with Crippen molar-refractivity contribution in [2.45, 2.75) is 12.8 Å². The highest BCUT2D eigenvalue weighted by molar-refractivity contribution is 6.31. The normalized spacial score (nSPS) is 10.7. The lowest BCUT2D eigenvalue weighted by Crippen LogP contribution is -1.95. The van der Waals surface area contributed by atoms with Crippen LogP contribution in [0, 0.1) is 0 Å². The van der Waals surface area contributed by atoms with E-state index in [2.05, 4.69) is 11.1 Å². The zero-order chi connectivity index (χ0) is 14.7. The zero-order valence-electron chi connectivity index (χ0n) is 11.4. The molecule has 0 fully saturated rings. The molecule has 3 heteroatoms. The van der Waals surface area contributed by atoms with Crippen LogP contribution < -0.4 is 0 Å². The predicted molar refractivity (Wildman–Crippen MR) is 86.0 cm³/mol. The first-order valence-electron chi connectivity index (χ1n) is 6.84. The maximum atomic E-state index is 10.8. The van der Waals surface area contributed by atoms with E-state index >= 15 is 0 Å². The van der Waals surface area contributed by atoms with Crippen LogP contribution >= 0.6 is 11.6 Å². The number of pyridine rings is 1. The molecule has 0 amide bonds. The number of halogens is 1. The molecule has 0 saturated carbocycles. The Hall–Kier alpha value is -2.19. The van der Waals surface area contributed by atoms with E-state index in [0.29, 0.717) is 10.6 Å². The molecule has 0 radical (unpaired) electrons. The minimum Gasteiger partial charge on any atom is -0.298 e. The first-order chi connectivity index (χ1) is 10.2. The first kappa shape index (κ1) is 13.8. The summed E-state index contributed by atoms with van der Waals surface area (Å²) in [6.45, 7) is 0. The van der Waals surface area contributed by atoms with Gasteiger partial charge in [0.25, 0.3) is 0 Å². The van der Waals surface area contributed by atoms with E-state index in [0.717, 1.165) is 41.3 Å². The van der Waals surface area contributed by atoms with E-state index in [1.165, 1.54) is 0 Å². The van der Waals surface area contributed by atoms with Crippen molar-refractivity contribution in [2.24, 2.45) is 0 Å². The van der Waals surface area contributed by atoms with Gasteiger partial charge in [0.15, 0.2) is 0 Å². The molecule has 1 aromatic heterocycles. The molecular weight excluding hydrogens is 282 g/mol. The van der Waals surface area contributed by atoms with Gasteiger partial charge in [-0.2, -0.15) is 0 Å². The number of carbonyl (C=O) groups is 1. The van der Waals surface area contributed by atoms with Crippen LogP contribution in [0.3, 0.4) is 0 Å². The van der Waals surface area contributed by atoms with Crippen molar-refractivity contribution in [1.29, 1.82) is 0 Å². The number of aryl methyl sites for hydroxylation is 2. The van der Waals surface area contributed by atoms with Gasteiger partial charge in [-0.25, -0.2) is 0 Å². The van der Waals surface area contributed by atoms with Gasteiger partial charge >= 0.3 is 0 Å². The Balaban J connectivity index is 1.79. The third kappa shape index (κ3) is 3.29. The van der Waals surface area contributed by atoms with Crippen LogP contribution in [0.4, 0.5) is 0 Å². The van der Waals surface area contributed by atoms with Crippen molar-refractivity contribution in [3.05, 3.63) is 76.4 Å². The van der Waals surface area contributed by atoms with Crippen LogP contribution in [-0.4, -0.2) is 11.3 Å². The summed E-state index contributed by atoms with van der Waals surface area (Å²) in [5, 5.41) is 1.79. The quantitative estimate of drug-likeness (QED) is 0.664. The summed E-state index contributed by atoms with van der Waals surface area (Å²) >= 11 is 6.00. The highest BCUT2D eigenvalue weighted by atomic mass is 35.5. The van der Waals surface area contributed by atoms with Crippen molar-refractivity contribution < 1.29 is 4.79 Å². The van der Waals surface area contributed by atoms with Crippen LogP contribution in [0.25, 0.3) is 10.9 Å². The van der Waals surface area contributed by atoms with E-state index in [4.69, 9.17) is 11.6 Å². The first-order valence-corrected chi connectivity index (χ1v) is 7.22. The number of hydrogen-bond donors (Lipinski definition) is 0. The second-order valence-corrected chi connectivity index (χ2v) is 5.44. The number of benzene rings is 2. The zero-order valence-corrected chi connectivity index (χ0v) is 12.2. The summed E-state index contributed by atoms with van der Waals surface area (Å²) in [6, 6.07) is 17.5. The third-order valence-electron chi connectivity index (χ3n) is 3.47. The molecule has 0 unspecified atom stereocenters. The summed E-state index contributed by atoms with van der Waals surface area (Å²) in [5.41, 5.74) is 3.81. The fraction of sp³-hybridized carbons (Fsp3) is 0.111. The molecule has 0 spiro atoms. The molecule has 104 valence electrons. The summed E-state index contributed by atoms with van der Waals surface area (Å²) in [6.07, 6.45) is 2.57. The molecule has 1 heterocycles. The number of hydrogen-bond acceptors (Lipinski definition) is 2. The Morgan fingerprint density at radius 2 is 1.86 bits per heavy atom. The topological polar surface area (TPSA) is 30.0 Å². The molecule has 0 aliphatic carbocycles. The molecule has 2 nitrogen and oxygen atoms in total. The highest BCUT2D eigenvalue weighted by Crippen LogP contribution is 2.18. The number of rotatable bonds is 4. The molecule has 0 atom stereocenters. The Morgan fingerprint density at radius 1 is 1.00 bits per heavy atom. The largest absolute Gasteiger partial charge is 0.298 e. The van der Waals surface area contributed by atoms with Gasteiger partial charge < -0.3 is 0 Å². The average Bonchev–Trinajstić information content (AvgIpc) is 2.52. The SMILES string of the molecule is O=Cc1cccc(CCc2ccc3ccc(Cl)cc3n2)c1. The van der Waals surface area contributed by atoms with E-state index in [9.17, 15) is 4.79 Å². The van der Waals surface area contributed by atoms with Gasteiger partial charge in [0.1, 0.15) is 6.29 Å². The molecule has 0 aliphatic heterocycles. The molecule has 0 aliphatic rings. The average molecular weight is 296 g/mol. The Kier molecular flexibility index (Phi) is 3.98. The molecule has 3 rings (SSSR count). The van der Waals surface area contributed by atoms with Crippen molar-refractivity contribution in [3.8, 4) is 0 Å². The Morgan fingerprint density at radius 3 is 2.71 bits per heavy atom. The fourth-order valence-electron chi connectivity index (χ4n) is 2.37. The molecular formula is C18H14ClNO. The van der Waals surface area contributed by atoms with E-state index in [1.807, 2.05) is 48.5 Å². The number of fused-ring (bicyclic) bond motifs is 1. The van der Waals surface area contributed by atoms with Gasteiger partial charge in [0.2, 0.25) is 0 Å². The van der Waals surface area contributed by atoms with Gasteiger partial charge in [0, 0.05) is 21.7 Å². The lowest BCUT2D eigenvalue weighted by atomic mass is 10.0. The van der Waals surface area contributed by atoms with Crippen molar-refractivity contribution in [1.82, 2.24) is 4.98 Å². The van der Waals surface area contributed by atoms with Crippen LogP contribution in [0.1, 0.15) is 21.6 Å². The molecule has 0 saturated heterocycles. The van der Waals surface area contributed by atoms with Crippen LogP contribution in [0.15, 0.2) is 54.6 Å². The van der Waals surface area contributed by atoms with Gasteiger partial charge in [-0.15, -0.1) is 0 Å². The van der Waals surface area contributed by atoms with Gasteiger partial charge in [0.05, 0.1) is 5.52 Å². The standard InChI is InChI=1S/C18H14ClNO/c19-16-7-5-15-6-9-17(20-18(15)11-16)8-4-13-2-1-3-14(10-13)12-21/h1-3,5-7,9-12H,4,8H2. The Bertz CT molecular complexity index is 798. The van der Waals surface area contributed by atoms with E-state index in [1.54, 1.807) is 0 Å². The van der Waals surface area contributed by atoms with Gasteiger partial charge in [-0.1, -0.05) is 41.9 Å². The molecule has 21 heavy (non-hydrogen) atoms. The minimum absolute atomic E-state index is 0.700. The van der Waals surface area contributed by atoms with Crippen molar-refractivity contribution in [3.63, 3.8) is 0 Å². The van der Waals surface area contributed by atoms with Crippen molar-refractivity contribution >= 4 is 28.8 Å². The highest BCUT2D eigenvalue weighted by Gasteiger charge is 2.01. The minimum atomic E-state index is 0.700. The number of aromatic nitrogens is 1. The number of aldehydes is 1. The lowest BCUT2D eigenvalue weighted by Gasteiger charge is -2.04. The number of nitrogens with zero attached hydrogens (tertiary/aromatic N) is 1. The predicted octanol–water partition coefficient (Wildman–Crippen LogP) is 4.49. The summed E-state index contributed by atoms with van der Waals surface area (Å²) in [7, 11) is 0. The van der Waals surface area contributed by atoms with E-state index in [-0.39, 0.29) is 0 Å². The maximum Gasteiger partial charge on any atom is 0.150 e. The van der Waals surface area contributed by atoms with Gasteiger partial charge in [-0.3, -0.25) is 9.78 Å². The van der Waals surface area contributed by atoms with Gasteiger partial charge in [-0.05, 0) is 42.7 Å². The second kappa shape index (κ2) is 6.06. The van der Waals surface area contributed by atoms with Crippen LogP contribution in [0.2, 0.25) is 5.02 Å². The van der Waals surface area contributed by atoms with E-state index < -0.39 is 0 Å². The monoisotopic (exact) mass is 295 g/mol. The third-order valence-corrected chi connectivity index (χ3v) is 3.70. The number of carbonyl (C=O) groups excluding carboxylic acids is 1. The summed E-state index contributed by atoms with van der Waals surface area (Å²) < 4.78 is 0. The summed E-state index contributed by atoms with van der Waals surface area (Å²) in [5.74, 6) is 0. The fourth-order valence-corrected chi connectivity index (χ4v) is 2.53. The molecule has 3 aromatic rings. The molecule has 2 aromatic carbocycles. The van der Waals surface area contributed by atoms with Crippen molar-refractivity contribution in [2.75, 3.05) is 0 Å². The lowest BCUT2D eigenvalue weighted by molar-refractivity contribution is 0.112. The van der Waals surface area contributed by atoms with Crippen LogP contribution in [-0.2, 0) is 12.8 Å². The second-order valence-electron chi connectivity index (χ2n) is 5.00.